The first-order chi connectivity index (χ1) is 22.8. The van der Waals surface area contributed by atoms with Gasteiger partial charge in [-0.1, -0.05) is 86.1 Å². The summed E-state index contributed by atoms with van der Waals surface area (Å²) in [5, 5.41) is 12.4. The molecule has 8 aromatic carbocycles. The standard InChI is InChI=1S/C41H27F3O3S/c1-22-12-14-28-30(16-22)24-8-4-6-10-26(24)32-18-36-37-19-33-27-11-7-5-9-25(27)31-17-23(47-48(45,46)41(42,43)44)13-15-29(31)35(33)21-39(37)40(2,3)38(36)20-34(28)32/h4-21H,1-3H3. The highest BCUT2D eigenvalue weighted by Crippen LogP contribution is 2.53. The Kier molecular flexibility index (Phi) is 5.73. The van der Waals surface area contributed by atoms with Crippen molar-refractivity contribution in [1.29, 1.82) is 0 Å². The third-order valence-electron chi connectivity index (χ3n) is 10.2. The Morgan fingerprint density at radius 2 is 0.917 bits per heavy atom. The average Bonchev–Trinajstić information content (AvgIpc) is 3.27. The molecule has 0 spiro atoms. The Labute approximate surface area is 274 Å². The minimum Gasteiger partial charge on any atom is -0.376 e. The Bertz CT molecular complexity index is 2850. The first-order valence-electron chi connectivity index (χ1n) is 15.7. The zero-order chi connectivity index (χ0) is 33.3. The minimum absolute atomic E-state index is 0.350. The monoisotopic (exact) mass is 656 g/mol. The van der Waals surface area contributed by atoms with Crippen molar-refractivity contribution in [3.63, 3.8) is 0 Å². The highest BCUT2D eigenvalue weighted by molar-refractivity contribution is 7.88. The summed E-state index contributed by atoms with van der Waals surface area (Å²) in [6, 6.07) is 36.4. The van der Waals surface area contributed by atoms with Gasteiger partial charge in [0.25, 0.3) is 0 Å². The fourth-order valence-corrected chi connectivity index (χ4v) is 8.40. The van der Waals surface area contributed by atoms with Crippen LogP contribution in [0, 0.1) is 6.92 Å². The van der Waals surface area contributed by atoms with Crippen LogP contribution in [0.2, 0.25) is 0 Å². The molecule has 3 nitrogen and oxygen atoms in total. The van der Waals surface area contributed by atoms with E-state index in [0.717, 1.165) is 38.1 Å². The summed E-state index contributed by atoms with van der Waals surface area (Å²) in [5.41, 5.74) is 0.0617. The van der Waals surface area contributed by atoms with E-state index in [1.807, 2.05) is 24.3 Å². The number of benzene rings is 8. The van der Waals surface area contributed by atoms with E-state index < -0.39 is 15.6 Å². The molecule has 0 aromatic heterocycles. The second-order valence-electron chi connectivity index (χ2n) is 13.3. The zero-order valence-electron chi connectivity index (χ0n) is 26.2. The molecule has 7 heteroatoms. The molecule has 48 heavy (non-hydrogen) atoms. The molecule has 236 valence electrons. The Morgan fingerprint density at radius 3 is 1.40 bits per heavy atom. The Balaban J connectivity index is 1.34. The van der Waals surface area contributed by atoms with Crippen molar-refractivity contribution in [3.8, 4) is 16.9 Å². The maximum Gasteiger partial charge on any atom is 0.534 e. The van der Waals surface area contributed by atoms with Crippen LogP contribution >= 0.6 is 0 Å². The Hall–Kier alpha value is -5.14. The predicted molar refractivity (Wildman–Crippen MR) is 189 cm³/mol. The smallest absolute Gasteiger partial charge is 0.376 e. The number of hydrogen-bond donors (Lipinski definition) is 0. The van der Waals surface area contributed by atoms with Gasteiger partial charge in [0, 0.05) is 5.41 Å². The fraction of sp³-hybridized carbons (Fsp3) is 0.122. The van der Waals surface area contributed by atoms with Gasteiger partial charge in [-0.25, -0.2) is 0 Å². The quantitative estimate of drug-likeness (QED) is 0.106. The van der Waals surface area contributed by atoms with E-state index in [1.165, 1.54) is 61.1 Å². The van der Waals surface area contributed by atoms with E-state index in [0.29, 0.717) is 5.39 Å². The van der Waals surface area contributed by atoms with E-state index in [-0.39, 0.29) is 11.2 Å². The fourth-order valence-electron chi connectivity index (χ4n) is 7.94. The molecule has 8 aromatic rings. The largest absolute Gasteiger partial charge is 0.534 e. The maximum atomic E-state index is 13.2. The number of rotatable bonds is 2. The van der Waals surface area contributed by atoms with Crippen LogP contribution in [0.15, 0.2) is 109 Å². The molecular weight excluding hydrogens is 630 g/mol. The second-order valence-corrected chi connectivity index (χ2v) is 14.9. The van der Waals surface area contributed by atoms with Crippen LogP contribution in [0.25, 0.3) is 75.8 Å². The van der Waals surface area contributed by atoms with Crippen molar-refractivity contribution in [1.82, 2.24) is 0 Å². The third kappa shape index (κ3) is 3.91. The van der Waals surface area contributed by atoms with E-state index in [4.69, 9.17) is 0 Å². The number of halogens is 3. The van der Waals surface area contributed by atoms with Gasteiger partial charge in [-0.05, 0) is 136 Å². The molecule has 0 fully saturated rings. The Morgan fingerprint density at radius 1 is 0.521 bits per heavy atom. The van der Waals surface area contributed by atoms with E-state index in [1.54, 1.807) is 6.07 Å². The van der Waals surface area contributed by atoms with Gasteiger partial charge in [0.15, 0.2) is 0 Å². The topological polar surface area (TPSA) is 43.4 Å². The van der Waals surface area contributed by atoms with Crippen molar-refractivity contribution in [2.24, 2.45) is 0 Å². The number of aryl methyl sites for hydroxylation is 1. The van der Waals surface area contributed by atoms with Gasteiger partial charge in [0.05, 0.1) is 0 Å². The summed E-state index contributed by atoms with van der Waals surface area (Å²) in [5.74, 6) is -0.389. The molecule has 1 aliphatic carbocycles. The summed E-state index contributed by atoms with van der Waals surface area (Å²) in [7, 11) is -5.82. The van der Waals surface area contributed by atoms with Crippen molar-refractivity contribution in [2.75, 3.05) is 0 Å². The highest BCUT2D eigenvalue weighted by atomic mass is 32.2. The van der Waals surface area contributed by atoms with E-state index in [9.17, 15) is 21.6 Å². The van der Waals surface area contributed by atoms with Crippen LogP contribution in [-0.2, 0) is 15.5 Å². The maximum absolute atomic E-state index is 13.2. The van der Waals surface area contributed by atoms with Crippen LogP contribution in [0.4, 0.5) is 13.2 Å². The molecule has 0 saturated carbocycles. The van der Waals surface area contributed by atoms with Crippen molar-refractivity contribution < 1.29 is 25.8 Å². The van der Waals surface area contributed by atoms with Gasteiger partial charge in [-0.3, -0.25) is 0 Å². The molecule has 9 rings (SSSR count). The zero-order valence-corrected chi connectivity index (χ0v) is 27.0. The van der Waals surface area contributed by atoms with Crippen LogP contribution in [0.1, 0.15) is 30.5 Å². The minimum atomic E-state index is -5.82. The lowest BCUT2D eigenvalue weighted by molar-refractivity contribution is -0.0500. The highest BCUT2D eigenvalue weighted by Gasteiger charge is 2.48. The lowest BCUT2D eigenvalue weighted by atomic mass is 9.80. The number of fused-ring (bicyclic) bond motifs is 15. The third-order valence-corrected chi connectivity index (χ3v) is 11.2. The van der Waals surface area contributed by atoms with Crippen LogP contribution in [-0.4, -0.2) is 13.9 Å². The van der Waals surface area contributed by atoms with Gasteiger partial charge in [0.2, 0.25) is 0 Å². The second kappa shape index (κ2) is 9.48. The molecule has 0 atom stereocenters. The van der Waals surface area contributed by atoms with E-state index in [2.05, 4.69) is 91.7 Å². The molecule has 0 saturated heterocycles. The van der Waals surface area contributed by atoms with Crippen molar-refractivity contribution in [2.45, 2.75) is 31.7 Å². The summed E-state index contributed by atoms with van der Waals surface area (Å²) < 4.78 is 67.7. The first kappa shape index (κ1) is 29.0. The first-order valence-corrected chi connectivity index (χ1v) is 17.1. The van der Waals surface area contributed by atoms with Crippen molar-refractivity contribution >= 4 is 74.8 Å². The molecule has 0 amide bonds. The lowest BCUT2D eigenvalue weighted by Crippen LogP contribution is -2.28. The molecule has 0 radical (unpaired) electrons. The molecule has 0 unspecified atom stereocenters. The summed E-state index contributed by atoms with van der Waals surface area (Å²) in [6.07, 6.45) is 0. The number of hydrogen-bond acceptors (Lipinski definition) is 3. The summed E-state index contributed by atoms with van der Waals surface area (Å²) in [4.78, 5) is 0. The van der Waals surface area contributed by atoms with Gasteiger partial charge >= 0.3 is 15.6 Å². The SMILES string of the molecule is Cc1ccc2c(c1)c1ccccc1c1cc3c(cc21)C(C)(C)c1cc2c4ccc(OS(=O)(=O)C(F)(F)F)cc4c4ccccc4c2cc1-3. The molecule has 0 bridgehead atoms. The molecule has 0 aliphatic heterocycles. The number of alkyl halides is 3. The average molecular weight is 657 g/mol. The van der Waals surface area contributed by atoms with Crippen LogP contribution in [0.5, 0.6) is 5.75 Å². The van der Waals surface area contributed by atoms with Gasteiger partial charge in [0.1, 0.15) is 5.75 Å². The normalized spacial score (nSPS) is 14.4. The van der Waals surface area contributed by atoms with Gasteiger partial charge < -0.3 is 4.18 Å². The van der Waals surface area contributed by atoms with Gasteiger partial charge in [-0.2, -0.15) is 21.6 Å². The predicted octanol–water partition coefficient (Wildman–Crippen LogP) is 11.4. The lowest BCUT2D eigenvalue weighted by Gasteiger charge is -2.23. The summed E-state index contributed by atoms with van der Waals surface area (Å²) in [6.45, 7) is 6.59. The van der Waals surface area contributed by atoms with Crippen LogP contribution in [0.3, 0.4) is 0 Å². The molecule has 1 aliphatic rings. The van der Waals surface area contributed by atoms with Crippen molar-refractivity contribution in [3.05, 3.63) is 126 Å². The summed E-state index contributed by atoms with van der Waals surface area (Å²) >= 11 is 0. The van der Waals surface area contributed by atoms with Crippen LogP contribution < -0.4 is 4.18 Å². The molecule has 0 N–H and O–H groups in total. The molecule has 0 heterocycles. The molecular formula is C41H27F3O3S. The van der Waals surface area contributed by atoms with Gasteiger partial charge in [-0.15, -0.1) is 0 Å². The van der Waals surface area contributed by atoms with E-state index >= 15 is 0 Å².